The topological polar surface area (TPSA) is 58.4 Å². The Kier molecular flexibility index (Phi) is 3.89. The molecule has 1 aromatic carbocycles. The second kappa shape index (κ2) is 5.40. The fourth-order valence-corrected chi connectivity index (χ4v) is 2.42. The zero-order chi connectivity index (χ0) is 12.3. The van der Waals surface area contributed by atoms with E-state index >= 15 is 0 Å². The lowest BCUT2D eigenvalue weighted by molar-refractivity contribution is 0.200. The molecule has 1 heterocycles. The minimum absolute atomic E-state index is 0.0322. The minimum atomic E-state index is -0.0322. The molecule has 4 nitrogen and oxygen atoms in total. The van der Waals surface area contributed by atoms with E-state index in [0.717, 1.165) is 36.1 Å². The van der Waals surface area contributed by atoms with Gasteiger partial charge in [-0.05, 0) is 53.4 Å². The summed E-state index contributed by atoms with van der Waals surface area (Å²) < 4.78 is 0.808. The van der Waals surface area contributed by atoms with Gasteiger partial charge in [0.2, 0.25) is 0 Å². The molecule has 3 N–H and O–H groups in total. The predicted octanol–water partition coefficient (Wildman–Crippen LogP) is 3.05. The molecule has 0 radical (unpaired) electrons. The van der Waals surface area contributed by atoms with E-state index < -0.39 is 0 Å². The maximum Gasteiger partial charge on any atom is 0.321 e. The van der Waals surface area contributed by atoms with Crippen LogP contribution in [0, 0.1) is 0 Å². The van der Waals surface area contributed by atoms with Gasteiger partial charge in [0.25, 0.3) is 0 Å². The molecule has 1 saturated heterocycles. The number of carbonyl (C=O) groups is 1. The number of amides is 2. The highest BCUT2D eigenvalue weighted by Crippen LogP contribution is 2.25. The van der Waals surface area contributed by atoms with E-state index in [4.69, 9.17) is 5.73 Å². The maximum atomic E-state index is 12.0. The Bertz CT molecular complexity index is 416. The molecule has 0 aliphatic carbocycles. The molecule has 5 heteroatoms. The Morgan fingerprint density at radius 3 is 2.65 bits per heavy atom. The van der Waals surface area contributed by atoms with Crippen molar-refractivity contribution in [2.75, 3.05) is 24.1 Å². The number of benzene rings is 1. The summed E-state index contributed by atoms with van der Waals surface area (Å²) >= 11 is 3.39. The maximum absolute atomic E-state index is 12.0. The van der Waals surface area contributed by atoms with Crippen LogP contribution in [0.25, 0.3) is 0 Å². The Morgan fingerprint density at radius 2 is 2.00 bits per heavy atom. The Morgan fingerprint density at radius 1 is 1.29 bits per heavy atom. The normalized spacial score (nSPS) is 15.7. The fraction of sp³-hybridized carbons (Fsp3) is 0.417. The molecule has 92 valence electrons. The standard InChI is InChI=1S/C12H16BrN3O/c13-10-8-9(14)4-5-11(10)15-12(17)16-6-2-1-3-7-16/h4-5,8H,1-3,6-7,14H2,(H,15,17). The van der Waals surface area contributed by atoms with Crippen molar-refractivity contribution in [3.8, 4) is 0 Å². The lowest BCUT2D eigenvalue weighted by Gasteiger charge is -2.27. The van der Waals surface area contributed by atoms with Gasteiger partial charge in [-0.25, -0.2) is 4.79 Å². The zero-order valence-electron chi connectivity index (χ0n) is 9.58. The number of piperidine rings is 1. The van der Waals surface area contributed by atoms with Crippen LogP contribution in [0.3, 0.4) is 0 Å². The third-order valence-corrected chi connectivity index (χ3v) is 3.53. The van der Waals surface area contributed by atoms with Crippen LogP contribution in [0.2, 0.25) is 0 Å². The number of nitrogens with zero attached hydrogens (tertiary/aromatic N) is 1. The number of halogens is 1. The second-order valence-electron chi connectivity index (χ2n) is 4.22. The molecule has 2 amide bonds. The van der Waals surface area contributed by atoms with Crippen molar-refractivity contribution in [1.82, 2.24) is 4.90 Å². The van der Waals surface area contributed by atoms with Gasteiger partial charge in [-0.15, -0.1) is 0 Å². The summed E-state index contributed by atoms with van der Waals surface area (Å²) in [5.74, 6) is 0. The largest absolute Gasteiger partial charge is 0.399 e. The van der Waals surface area contributed by atoms with Crippen LogP contribution in [-0.4, -0.2) is 24.0 Å². The molecule has 0 spiro atoms. The fourth-order valence-electron chi connectivity index (χ4n) is 1.92. The number of nitrogen functional groups attached to an aromatic ring is 1. The van der Waals surface area contributed by atoms with Crippen molar-refractivity contribution >= 4 is 33.3 Å². The van der Waals surface area contributed by atoms with Crippen LogP contribution in [0.1, 0.15) is 19.3 Å². The van der Waals surface area contributed by atoms with Crippen LogP contribution in [0.15, 0.2) is 22.7 Å². The number of likely N-dealkylation sites (tertiary alicyclic amines) is 1. The molecule has 2 rings (SSSR count). The van der Waals surface area contributed by atoms with Gasteiger partial charge in [0.05, 0.1) is 5.69 Å². The van der Waals surface area contributed by atoms with Gasteiger partial charge in [0.1, 0.15) is 0 Å². The van der Waals surface area contributed by atoms with Gasteiger partial charge in [0.15, 0.2) is 0 Å². The quantitative estimate of drug-likeness (QED) is 0.783. The van der Waals surface area contributed by atoms with Gasteiger partial charge in [-0.3, -0.25) is 0 Å². The SMILES string of the molecule is Nc1ccc(NC(=O)N2CCCCC2)c(Br)c1. The molecular formula is C12H16BrN3O. The zero-order valence-corrected chi connectivity index (χ0v) is 11.2. The summed E-state index contributed by atoms with van der Waals surface area (Å²) in [6.07, 6.45) is 3.40. The third-order valence-electron chi connectivity index (χ3n) is 2.88. The highest BCUT2D eigenvalue weighted by Gasteiger charge is 2.16. The summed E-state index contributed by atoms with van der Waals surface area (Å²) in [7, 11) is 0. The summed E-state index contributed by atoms with van der Waals surface area (Å²) in [5.41, 5.74) is 7.08. The number of nitrogens with two attached hydrogens (primary N) is 1. The molecule has 1 fully saturated rings. The van der Waals surface area contributed by atoms with Crippen LogP contribution in [-0.2, 0) is 0 Å². The Hall–Kier alpha value is -1.23. The molecule has 1 aromatic rings. The van der Waals surface area contributed by atoms with Gasteiger partial charge >= 0.3 is 6.03 Å². The molecule has 0 saturated carbocycles. The van der Waals surface area contributed by atoms with Crippen molar-refractivity contribution in [2.45, 2.75) is 19.3 Å². The highest BCUT2D eigenvalue weighted by molar-refractivity contribution is 9.10. The highest BCUT2D eigenvalue weighted by atomic mass is 79.9. The summed E-state index contributed by atoms with van der Waals surface area (Å²) in [5, 5.41) is 2.89. The molecule has 0 atom stereocenters. The van der Waals surface area contributed by atoms with E-state index in [2.05, 4.69) is 21.2 Å². The number of hydrogen-bond acceptors (Lipinski definition) is 2. The molecule has 1 aliphatic heterocycles. The van der Waals surface area contributed by atoms with Gasteiger partial charge < -0.3 is 16.0 Å². The predicted molar refractivity (Wildman–Crippen MR) is 73.0 cm³/mol. The smallest absolute Gasteiger partial charge is 0.321 e. The first-order valence-corrected chi connectivity index (χ1v) is 6.57. The second-order valence-corrected chi connectivity index (χ2v) is 5.07. The Labute approximate surface area is 109 Å². The molecule has 0 aromatic heterocycles. The number of hydrogen-bond donors (Lipinski definition) is 2. The monoisotopic (exact) mass is 297 g/mol. The van der Waals surface area contributed by atoms with Crippen molar-refractivity contribution in [2.24, 2.45) is 0 Å². The summed E-state index contributed by atoms with van der Waals surface area (Å²) in [6, 6.07) is 5.33. The first-order chi connectivity index (χ1) is 8.16. The molecule has 1 aliphatic rings. The lowest BCUT2D eigenvalue weighted by Crippen LogP contribution is -2.38. The number of rotatable bonds is 1. The van der Waals surface area contributed by atoms with E-state index in [9.17, 15) is 4.79 Å². The van der Waals surface area contributed by atoms with Crippen molar-refractivity contribution in [3.05, 3.63) is 22.7 Å². The number of carbonyl (C=O) groups excluding carboxylic acids is 1. The molecule has 0 bridgehead atoms. The van der Waals surface area contributed by atoms with Crippen molar-refractivity contribution < 1.29 is 4.79 Å². The van der Waals surface area contributed by atoms with Crippen molar-refractivity contribution in [1.29, 1.82) is 0 Å². The van der Waals surface area contributed by atoms with E-state index in [-0.39, 0.29) is 6.03 Å². The first-order valence-electron chi connectivity index (χ1n) is 5.78. The van der Waals surface area contributed by atoms with Gasteiger partial charge in [0, 0.05) is 23.2 Å². The average molecular weight is 298 g/mol. The number of nitrogens with one attached hydrogen (secondary N) is 1. The van der Waals surface area contributed by atoms with Crippen LogP contribution in [0.4, 0.5) is 16.2 Å². The molecular weight excluding hydrogens is 282 g/mol. The molecule has 0 unspecified atom stereocenters. The Balaban J connectivity index is 2.02. The van der Waals surface area contributed by atoms with E-state index in [1.807, 2.05) is 4.90 Å². The number of anilines is 2. The lowest BCUT2D eigenvalue weighted by atomic mass is 10.1. The summed E-state index contributed by atoms with van der Waals surface area (Å²) in [4.78, 5) is 13.8. The van der Waals surface area contributed by atoms with E-state index in [0.29, 0.717) is 5.69 Å². The molecule has 17 heavy (non-hydrogen) atoms. The van der Waals surface area contributed by atoms with Gasteiger partial charge in [-0.2, -0.15) is 0 Å². The number of urea groups is 1. The van der Waals surface area contributed by atoms with Crippen LogP contribution >= 0.6 is 15.9 Å². The third kappa shape index (κ3) is 3.12. The van der Waals surface area contributed by atoms with E-state index in [1.54, 1.807) is 18.2 Å². The van der Waals surface area contributed by atoms with Crippen LogP contribution in [0.5, 0.6) is 0 Å². The van der Waals surface area contributed by atoms with E-state index in [1.165, 1.54) is 6.42 Å². The first kappa shape index (κ1) is 12.2. The average Bonchev–Trinajstić information content (AvgIpc) is 2.34. The van der Waals surface area contributed by atoms with Crippen LogP contribution < -0.4 is 11.1 Å². The summed E-state index contributed by atoms with van der Waals surface area (Å²) in [6.45, 7) is 1.69. The minimum Gasteiger partial charge on any atom is -0.399 e. The van der Waals surface area contributed by atoms with Crippen molar-refractivity contribution in [3.63, 3.8) is 0 Å². The van der Waals surface area contributed by atoms with Gasteiger partial charge in [-0.1, -0.05) is 0 Å².